The first-order chi connectivity index (χ1) is 12.2. The molecule has 0 radical (unpaired) electrons. The Morgan fingerprint density at radius 1 is 1.16 bits per heavy atom. The molecule has 1 amide bonds. The van der Waals surface area contributed by atoms with Crippen molar-refractivity contribution in [2.45, 2.75) is 32.8 Å². The summed E-state index contributed by atoms with van der Waals surface area (Å²) < 4.78 is 10.2. The largest absolute Gasteiger partial charge is 0.463 e. The first-order valence-electron chi connectivity index (χ1n) is 8.76. The summed E-state index contributed by atoms with van der Waals surface area (Å²) in [5.41, 5.74) is 1.84. The lowest BCUT2D eigenvalue weighted by molar-refractivity contribution is -0.137. The molecule has 6 heteroatoms. The second-order valence-electron chi connectivity index (χ2n) is 5.82. The molecule has 0 aliphatic carbocycles. The molecule has 0 saturated carbocycles. The molecular formula is C19H26N2O4. The maximum absolute atomic E-state index is 11.8. The van der Waals surface area contributed by atoms with Crippen LogP contribution in [0.25, 0.3) is 0 Å². The molecule has 0 unspecified atom stereocenters. The average molecular weight is 346 g/mol. The van der Waals surface area contributed by atoms with E-state index in [1.165, 1.54) is 6.08 Å². The fourth-order valence-electron chi connectivity index (χ4n) is 2.71. The SMILES string of the molecule is CCOC(=O)/C=C(\CCNC(=O)OCc1ccccc1)N1CCCC1. The quantitative estimate of drug-likeness (QED) is 0.579. The monoisotopic (exact) mass is 346 g/mol. The van der Waals surface area contributed by atoms with E-state index in [1.807, 2.05) is 30.3 Å². The van der Waals surface area contributed by atoms with Gasteiger partial charge < -0.3 is 19.7 Å². The van der Waals surface area contributed by atoms with Gasteiger partial charge in [-0.3, -0.25) is 0 Å². The van der Waals surface area contributed by atoms with Crippen molar-refractivity contribution < 1.29 is 19.1 Å². The molecule has 6 nitrogen and oxygen atoms in total. The van der Waals surface area contributed by atoms with Crippen LogP contribution < -0.4 is 5.32 Å². The third kappa shape index (κ3) is 6.87. The minimum absolute atomic E-state index is 0.240. The van der Waals surface area contributed by atoms with Gasteiger partial charge in [-0.05, 0) is 25.3 Å². The van der Waals surface area contributed by atoms with Crippen LogP contribution in [0.1, 0.15) is 31.7 Å². The van der Waals surface area contributed by atoms with Gasteiger partial charge >= 0.3 is 12.1 Å². The molecular weight excluding hydrogens is 320 g/mol. The third-order valence-corrected chi connectivity index (χ3v) is 3.95. The van der Waals surface area contributed by atoms with Crippen molar-refractivity contribution in [1.82, 2.24) is 10.2 Å². The number of rotatable bonds is 8. The number of esters is 1. The molecule has 1 saturated heterocycles. The van der Waals surface area contributed by atoms with Gasteiger partial charge in [-0.1, -0.05) is 30.3 Å². The zero-order chi connectivity index (χ0) is 17.9. The number of hydrogen-bond acceptors (Lipinski definition) is 5. The number of carbonyl (C=O) groups is 2. The number of amides is 1. The van der Waals surface area contributed by atoms with Crippen molar-refractivity contribution in [3.63, 3.8) is 0 Å². The summed E-state index contributed by atoms with van der Waals surface area (Å²) >= 11 is 0. The molecule has 25 heavy (non-hydrogen) atoms. The Hall–Kier alpha value is -2.50. The molecule has 2 rings (SSSR count). The summed E-state index contributed by atoms with van der Waals surface area (Å²) in [6.07, 6.45) is 3.88. The van der Waals surface area contributed by atoms with E-state index in [-0.39, 0.29) is 12.6 Å². The molecule has 1 heterocycles. The van der Waals surface area contributed by atoms with Crippen LogP contribution in [0.4, 0.5) is 4.79 Å². The van der Waals surface area contributed by atoms with Gasteiger partial charge in [0.1, 0.15) is 6.61 Å². The third-order valence-electron chi connectivity index (χ3n) is 3.95. The Morgan fingerprint density at radius 2 is 1.88 bits per heavy atom. The van der Waals surface area contributed by atoms with Gasteiger partial charge in [0.2, 0.25) is 0 Å². The second-order valence-corrected chi connectivity index (χ2v) is 5.82. The molecule has 0 atom stereocenters. The fraction of sp³-hybridized carbons (Fsp3) is 0.474. The minimum Gasteiger partial charge on any atom is -0.463 e. The van der Waals surface area contributed by atoms with Gasteiger partial charge in [0, 0.05) is 37.8 Å². The van der Waals surface area contributed by atoms with Crippen LogP contribution in [0.5, 0.6) is 0 Å². The molecule has 0 bridgehead atoms. The van der Waals surface area contributed by atoms with E-state index in [2.05, 4.69) is 10.2 Å². The van der Waals surface area contributed by atoms with Crippen LogP contribution in [0, 0.1) is 0 Å². The topological polar surface area (TPSA) is 67.9 Å². The van der Waals surface area contributed by atoms with Crippen molar-refractivity contribution in [2.24, 2.45) is 0 Å². The minimum atomic E-state index is -0.458. The lowest BCUT2D eigenvalue weighted by Crippen LogP contribution is -2.28. The van der Waals surface area contributed by atoms with E-state index >= 15 is 0 Å². The van der Waals surface area contributed by atoms with Gasteiger partial charge in [0.25, 0.3) is 0 Å². The standard InChI is InChI=1S/C19H26N2O4/c1-2-24-18(22)14-17(21-12-6-7-13-21)10-11-20-19(23)25-15-16-8-4-3-5-9-16/h3-5,8-9,14H,2,6-7,10-13,15H2,1H3,(H,20,23)/b17-14+. The lowest BCUT2D eigenvalue weighted by atomic mass is 10.2. The van der Waals surface area contributed by atoms with Gasteiger partial charge in [0.15, 0.2) is 0 Å². The Morgan fingerprint density at radius 3 is 2.56 bits per heavy atom. The Kier molecular flexibility index (Phi) is 7.82. The number of benzene rings is 1. The van der Waals surface area contributed by atoms with E-state index in [1.54, 1.807) is 6.92 Å². The predicted molar refractivity (Wildman–Crippen MR) is 94.8 cm³/mol. The molecule has 1 fully saturated rings. The Labute approximate surface area is 148 Å². The number of likely N-dealkylation sites (tertiary alicyclic amines) is 1. The fourth-order valence-corrected chi connectivity index (χ4v) is 2.71. The highest BCUT2D eigenvalue weighted by molar-refractivity contribution is 5.82. The molecule has 1 aliphatic rings. The molecule has 1 aromatic rings. The summed E-state index contributed by atoms with van der Waals surface area (Å²) in [5, 5.41) is 2.73. The molecule has 1 aromatic carbocycles. The van der Waals surface area contributed by atoms with Crippen molar-refractivity contribution in [1.29, 1.82) is 0 Å². The Bertz CT molecular complexity index is 580. The molecule has 1 aliphatic heterocycles. The first kappa shape index (κ1) is 18.8. The molecule has 136 valence electrons. The van der Waals surface area contributed by atoms with Crippen LogP contribution in [0.15, 0.2) is 42.1 Å². The molecule has 0 spiro atoms. The van der Waals surface area contributed by atoms with Gasteiger partial charge in [-0.2, -0.15) is 0 Å². The van der Waals surface area contributed by atoms with E-state index in [9.17, 15) is 9.59 Å². The van der Waals surface area contributed by atoms with E-state index in [0.717, 1.165) is 37.2 Å². The van der Waals surface area contributed by atoms with Crippen LogP contribution in [-0.4, -0.2) is 43.2 Å². The molecule has 1 N–H and O–H groups in total. The lowest BCUT2D eigenvalue weighted by Gasteiger charge is -2.21. The predicted octanol–water partition coefficient (Wildman–Crippen LogP) is 2.85. The number of ether oxygens (including phenoxy) is 2. The summed E-state index contributed by atoms with van der Waals surface area (Å²) in [5.74, 6) is -0.337. The van der Waals surface area contributed by atoms with Crippen LogP contribution in [0.3, 0.4) is 0 Å². The van der Waals surface area contributed by atoms with Crippen LogP contribution in [-0.2, 0) is 20.9 Å². The summed E-state index contributed by atoms with van der Waals surface area (Å²) in [6, 6.07) is 9.53. The number of hydrogen-bond donors (Lipinski definition) is 1. The highest BCUT2D eigenvalue weighted by Crippen LogP contribution is 2.17. The van der Waals surface area contributed by atoms with Crippen molar-refractivity contribution in [3.8, 4) is 0 Å². The maximum Gasteiger partial charge on any atom is 0.407 e. The summed E-state index contributed by atoms with van der Waals surface area (Å²) in [7, 11) is 0. The van der Waals surface area contributed by atoms with E-state index in [0.29, 0.717) is 19.6 Å². The normalized spacial score (nSPS) is 14.3. The highest BCUT2D eigenvalue weighted by Gasteiger charge is 2.16. The number of nitrogens with zero attached hydrogens (tertiary/aromatic N) is 1. The average Bonchev–Trinajstić information content (AvgIpc) is 3.15. The maximum atomic E-state index is 11.8. The molecule has 0 aromatic heterocycles. The van der Waals surface area contributed by atoms with Crippen LogP contribution >= 0.6 is 0 Å². The van der Waals surface area contributed by atoms with Crippen molar-refractivity contribution in [2.75, 3.05) is 26.2 Å². The first-order valence-corrected chi connectivity index (χ1v) is 8.76. The van der Waals surface area contributed by atoms with Crippen molar-refractivity contribution >= 4 is 12.1 Å². The second kappa shape index (κ2) is 10.4. The summed E-state index contributed by atoms with van der Waals surface area (Å²) in [4.78, 5) is 25.7. The summed E-state index contributed by atoms with van der Waals surface area (Å²) in [6.45, 7) is 4.66. The smallest absolute Gasteiger partial charge is 0.407 e. The van der Waals surface area contributed by atoms with E-state index < -0.39 is 6.09 Å². The zero-order valence-corrected chi connectivity index (χ0v) is 14.7. The van der Waals surface area contributed by atoms with Gasteiger partial charge in [-0.25, -0.2) is 9.59 Å². The van der Waals surface area contributed by atoms with E-state index in [4.69, 9.17) is 9.47 Å². The van der Waals surface area contributed by atoms with Gasteiger partial charge in [0.05, 0.1) is 6.61 Å². The number of nitrogens with one attached hydrogen (secondary N) is 1. The number of alkyl carbamates (subject to hydrolysis) is 1. The zero-order valence-electron chi connectivity index (χ0n) is 14.7. The number of carbonyl (C=O) groups excluding carboxylic acids is 2. The Balaban J connectivity index is 1.77. The van der Waals surface area contributed by atoms with Crippen LogP contribution in [0.2, 0.25) is 0 Å². The van der Waals surface area contributed by atoms with Crippen molar-refractivity contribution in [3.05, 3.63) is 47.7 Å². The highest BCUT2D eigenvalue weighted by atomic mass is 16.5. The van der Waals surface area contributed by atoms with Gasteiger partial charge in [-0.15, -0.1) is 0 Å².